The summed E-state index contributed by atoms with van der Waals surface area (Å²) in [5.74, 6) is 5.90. The number of H-pyrrole nitrogens is 1. The van der Waals surface area contributed by atoms with Crippen molar-refractivity contribution in [1.82, 2.24) is 25.1 Å². The first-order chi connectivity index (χ1) is 17.9. The van der Waals surface area contributed by atoms with Gasteiger partial charge in [0.05, 0.1) is 25.5 Å². The molecule has 1 saturated heterocycles. The van der Waals surface area contributed by atoms with Gasteiger partial charge in [0.2, 0.25) is 5.75 Å². The highest BCUT2D eigenvalue weighted by Gasteiger charge is 2.39. The van der Waals surface area contributed by atoms with E-state index in [2.05, 4.69) is 27.1 Å². The number of carbonyl (C=O) groups is 1. The smallest absolute Gasteiger partial charge is 0.321 e. The number of aliphatic hydroxyl groups excluding tert-OH is 1. The van der Waals surface area contributed by atoms with Crippen LogP contribution in [0.15, 0.2) is 59.7 Å². The quantitative estimate of drug-likeness (QED) is 0.278. The molecule has 1 unspecified atom stereocenters. The zero-order valence-corrected chi connectivity index (χ0v) is 20.9. The standard InChI is InChI=1S/C28H31N5O4/c1-19(2)33-25(17-32(28(33)37)16-24-26(35)27(36)31-18-30-24)23-11-9-21(10-12-23)4-3-20-5-7-22(8-6-20)15-29-13-14-34/h5-12,18-19,25,29,34-35H,13-17H2,1-2H3,(H,30,31,36). The molecule has 37 heavy (non-hydrogen) atoms. The number of rotatable bonds is 8. The van der Waals surface area contributed by atoms with Crippen LogP contribution in [0.3, 0.4) is 0 Å². The van der Waals surface area contributed by atoms with Gasteiger partial charge < -0.3 is 30.3 Å². The Hall–Kier alpha value is -4.13. The number of carbonyl (C=O) groups excluding carboxylic acids is 1. The van der Waals surface area contributed by atoms with Crippen LogP contribution in [0.25, 0.3) is 0 Å². The summed E-state index contributed by atoms with van der Waals surface area (Å²) in [5, 5.41) is 22.0. The Bertz CT molecular complexity index is 1340. The van der Waals surface area contributed by atoms with Crippen LogP contribution in [0.5, 0.6) is 5.75 Å². The van der Waals surface area contributed by atoms with Gasteiger partial charge in [0.1, 0.15) is 5.69 Å². The molecule has 3 aromatic rings. The monoisotopic (exact) mass is 501 g/mol. The number of benzene rings is 2. The second kappa shape index (κ2) is 11.7. The molecule has 2 amide bonds. The maximum atomic E-state index is 13.2. The van der Waals surface area contributed by atoms with Gasteiger partial charge in [-0.05, 0) is 49.2 Å². The third kappa shape index (κ3) is 6.17. The molecule has 0 spiro atoms. The third-order valence-electron chi connectivity index (χ3n) is 6.24. The van der Waals surface area contributed by atoms with Gasteiger partial charge in [-0.25, -0.2) is 9.78 Å². The fourth-order valence-corrected chi connectivity index (χ4v) is 4.33. The zero-order chi connectivity index (χ0) is 26.4. The van der Waals surface area contributed by atoms with Gasteiger partial charge in [-0.2, -0.15) is 0 Å². The molecule has 9 heteroatoms. The van der Waals surface area contributed by atoms with Crippen molar-refractivity contribution in [2.75, 3.05) is 19.7 Å². The van der Waals surface area contributed by atoms with Gasteiger partial charge in [-0.1, -0.05) is 36.1 Å². The fraction of sp³-hybridized carbons (Fsp3) is 0.321. The molecule has 0 bridgehead atoms. The van der Waals surface area contributed by atoms with Crippen molar-refractivity contribution in [1.29, 1.82) is 0 Å². The second-order valence-corrected chi connectivity index (χ2v) is 9.18. The van der Waals surface area contributed by atoms with E-state index in [9.17, 15) is 14.7 Å². The predicted molar refractivity (Wildman–Crippen MR) is 140 cm³/mol. The van der Waals surface area contributed by atoms with Crippen LogP contribution in [0.4, 0.5) is 4.79 Å². The van der Waals surface area contributed by atoms with E-state index in [0.29, 0.717) is 19.6 Å². The summed E-state index contributed by atoms with van der Waals surface area (Å²) in [6.07, 6.45) is 1.22. The number of hydrogen-bond acceptors (Lipinski definition) is 6. The average molecular weight is 502 g/mol. The van der Waals surface area contributed by atoms with Crippen molar-refractivity contribution in [2.24, 2.45) is 0 Å². The van der Waals surface area contributed by atoms with Gasteiger partial charge in [0.15, 0.2) is 0 Å². The number of aliphatic hydroxyl groups is 1. The van der Waals surface area contributed by atoms with Crippen LogP contribution in [0.2, 0.25) is 0 Å². The van der Waals surface area contributed by atoms with Crippen molar-refractivity contribution in [2.45, 2.75) is 39.0 Å². The highest BCUT2D eigenvalue weighted by Crippen LogP contribution is 2.33. The van der Waals surface area contributed by atoms with E-state index >= 15 is 0 Å². The normalized spacial score (nSPS) is 15.2. The summed E-state index contributed by atoms with van der Waals surface area (Å²) in [4.78, 5) is 34.7. The molecule has 0 aliphatic carbocycles. The number of amides is 2. The molecular weight excluding hydrogens is 470 g/mol. The van der Waals surface area contributed by atoms with Gasteiger partial charge in [0, 0.05) is 36.8 Å². The van der Waals surface area contributed by atoms with E-state index < -0.39 is 11.3 Å². The number of urea groups is 1. The summed E-state index contributed by atoms with van der Waals surface area (Å²) >= 11 is 0. The molecule has 4 N–H and O–H groups in total. The van der Waals surface area contributed by atoms with E-state index in [1.54, 1.807) is 4.90 Å². The molecule has 4 rings (SSSR count). The first-order valence-corrected chi connectivity index (χ1v) is 12.2. The van der Waals surface area contributed by atoms with Crippen molar-refractivity contribution >= 4 is 6.03 Å². The molecule has 1 fully saturated rings. The molecule has 1 aliphatic rings. The van der Waals surface area contributed by atoms with Gasteiger partial charge in [-0.15, -0.1) is 0 Å². The van der Waals surface area contributed by atoms with Crippen LogP contribution >= 0.6 is 0 Å². The summed E-state index contributed by atoms with van der Waals surface area (Å²) in [6, 6.07) is 15.5. The lowest BCUT2D eigenvalue weighted by molar-refractivity contribution is 0.171. The predicted octanol–water partition coefficient (Wildman–Crippen LogP) is 2.34. The first-order valence-electron chi connectivity index (χ1n) is 12.2. The van der Waals surface area contributed by atoms with Crippen LogP contribution in [-0.4, -0.2) is 61.8 Å². The Balaban J connectivity index is 1.46. The number of aromatic amines is 1. The number of nitrogens with one attached hydrogen (secondary N) is 2. The van der Waals surface area contributed by atoms with E-state index in [-0.39, 0.29) is 37.0 Å². The maximum absolute atomic E-state index is 13.2. The highest BCUT2D eigenvalue weighted by atomic mass is 16.3. The Morgan fingerprint density at radius 2 is 1.73 bits per heavy atom. The lowest BCUT2D eigenvalue weighted by atomic mass is 10.0. The molecule has 1 atom stereocenters. The number of aromatic hydroxyl groups is 1. The zero-order valence-electron chi connectivity index (χ0n) is 20.9. The number of aromatic nitrogens is 2. The Morgan fingerprint density at radius 1 is 1.08 bits per heavy atom. The fourth-order valence-electron chi connectivity index (χ4n) is 4.33. The number of hydrogen-bond donors (Lipinski definition) is 4. The van der Waals surface area contributed by atoms with Crippen molar-refractivity contribution in [3.63, 3.8) is 0 Å². The minimum Gasteiger partial charge on any atom is -0.502 e. The molecule has 2 heterocycles. The molecular formula is C28H31N5O4. The molecule has 9 nitrogen and oxygen atoms in total. The van der Waals surface area contributed by atoms with Crippen molar-refractivity contribution < 1.29 is 15.0 Å². The van der Waals surface area contributed by atoms with Crippen molar-refractivity contribution in [3.8, 4) is 17.6 Å². The van der Waals surface area contributed by atoms with E-state index in [1.807, 2.05) is 67.3 Å². The Kier molecular flexibility index (Phi) is 8.23. The van der Waals surface area contributed by atoms with Crippen LogP contribution in [0.1, 0.15) is 47.8 Å². The number of nitrogens with zero attached hydrogens (tertiary/aromatic N) is 3. The van der Waals surface area contributed by atoms with Crippen LogP contribution < -0.4 is 10.9 Å². The topological polar surface area (TPSA) is 122 Å². The third-order valence-corrected chi connectivity index (χ3v) is 6.24. The van der Waals surface area contributed by atoms with Crippen LogP contribution in [0, 0.1) is 11.8 Å². The molecule has 192 valence electrons. The minimum atomic E-state index is -0.628. The average Bonchev–Trinajstić information content (AvgIpc) is 3.22. The van der Waals surface area contributed by atoms with E-state index in [1.165, 1.54) is 6.33 Å². The van der Waals surface area contributed by atoms with E-state index in [4.69, 9.17) is 5.11 Å². The minimum absolute atomic E-state index is 0.0375. The summed E-state index contributed by atoms with van der Waals surface area (Å²) in [7, 11) is 0. The van der Waals surface area contributed by atoms with Crippen molar-refractivity contribution in [3.05, 3.63) is 93.2 Å². The van der Waals surface area contributed by atoms with Gasteiger partial charge in [0.25, 0.3) is 5.56 Å². The summed E-state index contributed by atoms with van der Waals surface area (Å²) < 4.78 is 0. The summed E-state index contributed by atoms with van der Waals surface area (Å²) in [5.41, 5.74) is 3.43. The Morgan fingerprint density at radius 3 is 2.35 bits per heavy atom. The lowest BCUT2D eigenvalue weighted by Gasteiger charge is -2.27. The highest BCUT2D eigenvalue weighted by molar-refractivity contribution is 5.78. The van der Waals surface area contributed by atoms with Gasteiger partial charge >= 0.3 is 6.03 Å². The second-order valence-electron chi connectivity index (χ2n) is 9.18. The SMILES string of the molecule is CC(C)N1C(=O)N(Cc2nc[nH]c(=O)c2O)CC1c1ccc(C#Cc2ccc(CNCCO)cc2)cc1. The summed E-state index contributed by atoms with van der Waals surface area (Å²) in [6.45, 7) is 5.77. The molecule has 1 aliphatic heterocycles. The largest absolute Gasteiger partial charge is 0.502 e. The molecule has 0 saturated carbocycles. The van der Waals surface area contributed by atoms with Crippen LogP contribution in [-0.2, 0) is 13.1 Å². The molecule has 2 aromatic carbocycles. The van der Waals surface area contributed by atoms with Gasteiger partial charge in [-0.3, -0.25) is 4.79 Å². The molecule has 0 radical (unpaired) electrons. The first kappa shape index (κ1) is 25.9. The lowest BCUT2D eigenvalue weighted by Crippen LogP contribution is -2.37. The Labute approximate surface area is 215 Å². The maximum Gasteiger partial charge on any atom is 0.321 e. The molecule has 1 aromatic heterocycles. The van der Waals surface area contributed by atoms with E-state index in [0.717, 1.165) is 22.3 Å².